The highest BCUT2D eigenvalue weighted by molar-refractivity contribution is 7.99. The zero-order valence-electron chi connectivity index (χ0n) is 16.0. The second-order valence-corrected chi connectivity index (χ2v) is 7.73. The molecule has 0 saturated carbocycles. The number of amides is 2. The molecule has 150 valence electrons. The molecule has 7 heteroatoms. The standard InChI is InChI=1S/C21H24ClFN2O2S/c1-3-24-21(27)15(2)25(12-16-7-6-9-18(22)11-16)20(26)14-28-13-17-8-4-5-10-19(17)23/h4-11,15H,3,12-14H2,1-2H3,(H,24,27). The van der Waals surface area contributed by atoms with Gasteiger partial charge in [0.2, 0.25) is 11.8 Å². The van der Waals surface area contributed by atoms with Crippen LogP contribution in [0.2, 0.25) is 5.02 Å². The Morgan fingerprint density at radius 1 is 1.21 bits per heavy atom. The number of carbonyl (C=O) groups excluding carboxylic acids is 2. The summed E-state index contributed by atoms with van der Waals surface area (Å²) in [5.74, 6) is -0.136. The van der Waals surface area contributed by atoms with Gasteiger partial charge in [-0.2, -0.15) is 0 Å². The van der Waals surface area contributed by atoms with Crippen LogP contribution in [-0.4, -0.2) is 35.1 Å². The lowest BCUT2D eigenvalue weighted by molar-refractivity contribution is -0.138. The van der Waals surface area contributed by atoms with Crippen molar-refractivity contribution < 1.29 is 14.0 Å². The van der Waals surface area contributed by atoms with Crippen LogP contribution in [0.15, 0.2) is 48.5 Å². The molecule has 2 aromatic rings. The summed E-state index contributed by atoms with van der Waals surface area (Å²) in [4.78, 5) is 26.7. The smallest absolute Gasteiger partial charge is 0.242 e. The first kappa shape index (κ1) is 22.2. The third kappa shape index (κ3) is 6.53. The molecule has 0 aliphatic carbocycles. The Morgan fingerprint density at radius 3 is 2.64 bits per heavy atom. The predicted octanol–water partition coefficient (Wildman–Crippen LogP) is 4.27. The molecule has 0 aliphatic heterocycles. The van der Waals surface area contributed by atoms with Gasteiger partial charge >= 0.3 is 0 Å². The molecule has 1 N–H and O–H groups in total. The average molecular weight is 423 g/mol. The van der Waals surface area contributed by atoms with Crippen molar-refractivity contribution in [2.24, 2.45) is 0 Å². The first-order chi connectivity index (χ1) is 13.4. The monoisotopic (exact) mass is 422 g/mol. The lowest BCUT2D eigenvalue weighted by Crippen LogP contribution is -2.48. The summed E-state index contributed by atoms with van der Waals surface area (Å²) >= 11 is 7.37. The van der Waals surface area contributed by atoms with E-state index >= 15 is 0 Å². The Morgan fingerprint density at radius 2 is 1.96 bits per heavy atom. The van der Waals surface area contributed by atoms with E-state index in [2.05, 4.69) is 5.32 Å². The molecule has 2 amide bonds. The largest absolute Gasteiger partial charge is 0.355 e. The molecule has 0 radical (unpaired) electrons. The molecule has 0 heterocycles. The molecule has 2 rings (SSSR count). The number of nitrogens with zero attached hydrogens (tertiary/aromatic N) is 1. The zero-order valence-corrected chi connectivity index (χ0v) is 17.5. The quantitative estimate of drug-likeness (QED) is 0.656. The van der Waals surface area contributed by atoms with Gasteiger partial charge in [-0.3, -0.25) is 9.59 Å². The molecule has 1 atom stereocenters. The Hall–Kier alpha value is -2.05. The minimum atomic E-state index is -0.625. The number of rotatable bonds is 9. The van der Waals surface area contributed by atoms with Crippen LogP contribution < -0.4 is 5.32 Å². The maximum Gasteiger partial charge on any atom is 0.242 e. The minimum Gasteiger partial charge on any atom is -0.355 e. The zero-order chi connectivity index (χ0) is 20.5. The Labute approximate surface area is 174 Å². The lowest BCUT2D eigenvalue weighted by Gasteiger charge is -2.28. The second-order valence-electron chi connectivity index (χ2n) is 6.31. The van der Waals surface area contributed by atoms with Crippen LogP contribution in [0, 0.1) is 5.82 Å². The maximum absolute atomic E-state index is 13.7. The summed E-state index contributed by atoms with van der Waals surface area (Å²) < 4.78 is 13.7. The molecule has 1 unspecified atom stereocenters. The van der Waals surface area contributed by atoms with Crippen LogP contribution in [0.3, 0.4) is 0 Å². The average Bonchev–Trinajstić information content (AvgIpc) is 2.67. The van der Waals surface area contributed by atoms with E-state index in [1.165, 1.54) is 22.7 Å². The number of likely N-dealkylation sites (N-methyl/N-ethyl adjacent to an activating group) is 1. The normalized spacial score (nSPS) is 11.7. The van der Waals surface area contributed by atoms with Crippen LogP contribution >= 0.6 is 23.4 Å². The van der Waals surface area contributed by atoms with E-state index in [1.807, 2.05) is 19.1 Å². The molecule has 0 spiro atoms. The SMILES string of the molecule is CCNC(=O)C(C)N(Cc1cccc(Cl)c1)C(=O)CSCc1ccccc1F. The summed E-state index contributed by atoms with van der Waals surface area (Å²) in [5, 5.41) is 3.33. The molecular weight excluding hydrogens is 399 g/mol. The van der Waals surface area contributed by atoms with Crippen molar-refractivity contribution in [1.29, 1.82) is 0 Å². The van der Waals surface area contributed by atoms with E-state index in [0.717, 1.165) is 5.56 Å². The first-order valence-corrected chi connectivity index (χ1v) is 10.6. The molecule has 0 bridgehead atoms. The van der Waals surface area contributed by atoms with Crippen molar-refractivity contribution >= 4 is 35.2 Å². The predicted molar refractivity (Wildman–Crippen MR) is 113 cm³/mol. The fourth-order valence-electron chi connectivity index (χ4n) is 2.68. The Kier molecular flexibility index (Phi) is 8.80. The number of hydrogen-bond acceptors (Lipinski definition) is 3. The minimum absolute atomic E-state index is 0.151. The fourth-order valence-corrected chi connectivity index (χ4v) is 3.79. The molecule has 2 aromatic carbocycles. The fraction of sp³-hybridized carbons (Fsp3) is 0.333. The van der Waals surface area contributed by atoms with E-state index < -0.39 is 6.04 Å². The summed E-state index contributed by atoms with van der Waals surface area (Å²) in [6.45, 7) is 4.30. The van der Waals surface area contributed by atoms with Gasteiger partial charge in [0.05, 0.1) is 5.75 Å². The first-order valence-electron chi connectivity index (χ1n) is 9.05. The number of halogens is 2. The molecule has 0 saturated heterocycles. The van der Waals surface area contributed by atoms with Gasteiger partial charge in [0, 0.05) is 23.9 Å². The lowest BCUT2D eigenvalue weighted by atomic mass is 10.1. The molecule has 0 aromatic heterocycles. The van der Waals surface area contributed by atoms with E-state index in [-0.39, 0.29) is 29.9 Å². The van der Waals surface area contributed by atoms with Crippen molar-refractivity contribution in [3.05, 3.63) is 70.5 Å². The maximum atomic E-state index is 13.7. The van der Waals surface area contributed by atoms with Crippen molar-refractivity contribution in [2.75, 3.05) is 12.3 Å². The summed E-state index contributed by atoms with van der Waals surface area (Å²) in [7, 11) is 0. The molecular formula is C21H24ClFN2O2S. The van der Waals surface area contributed by atoms with Crippen molar-refractivity contribution in [3.63, 3.8) is 0 Å². The second kappa shape index (κ2) is 11.1. The Balaban J connectivity index is 2.07. The number of nitrogens with one attached hydrogen (secondary N) is 1. The van der Waals surface area contributed by atoms with Gasteiger partial charge in [-0.05, 0) is 43.2 Å². The number of hydrogen-bond donors (Lipinski definition) is 1. The highest BCUT2D eigenvalue weighted by Crippen LogP contribution is 2.19. The highest BCUT2D eigenvalue weighted by atomic mass is 35.5. The number of thioether (sulfide) groups is 1. The molecule has 4 nitrogen and oxygen atoms in total. The molecule has 28 heavy (non-hydrogen) atoms. The van der Waals surface area contributed by atoms with Gasteiger partial charge in [0.25, 0.3) is 0 Å². The third-order valence-electron chi connectivity index (χ3n) is 4.20. The van der Waals surface area contributed by atoms with Crippen LogP contribution in [0.1, 0.15) is 25.0 Å². The topological polar surface area (TPSA) is 49.4 Å². The van der Waals surface area contributed by atoms with Gasteiger partial charge in [-0.1, -0.05) is 41.9 Å². The van der Waals surface area contributed by atoms with Gasteiger partial charge in [-0.25, -0.2) is 4.39 Å². The van der Waals surface area contributed by atoms with Gasteiger partial charge < -0.3 is 10.2 Å². The molecule has 0 aliphatic rings. The van der Waals surface area contributed by atoms with Crippen LogP contribution in [0.5, 0.6) is 0 Å². The summed E-state index contributed by atoms with van der Waals surface area (Å²) in [5.41, 5.74) is 1.40. The highest BCUT2D eigenvalue weighted by Gasteiger charge is 2.25. The van der Waals surface area contributed by atoms with Crippen molar-refractivity contribution in [3.8, 4) is 0 Å². The molecule has 0 fully saturated rings. The van der Waals surface area contributed by atoms with Crippen molar-refractivity contribution in [2.45, 2.75) is 32.2 Å². The van der Waals surface area contributed by atoms with Crippen molar-refractivity contribution in [1.82, 2.24) is 10.2 Å². The Bertz CT molecular complexity index is 818. The van der Waals surface area contributed by atoms with Gasteiger partial charge in [0.1, 0.15) is 11.9 Å². The summed E-state index contributed by atoms with van der Waals surface area (Å²) in [6, 6.07) is 13.1. The van der Waals surface area contributed by atoms with E-state index in [9.17, 15) is 14.0 Å². The summed E-state index contributed by atoms with van der Waals surface area (Å²) in [6.07, 6.45) is 0. The number of benzene rings is 2. The van der Waals surface area contributed by atoms with E-state index in [0.29, 0.717) is 22.9 Å². The third-order valence-corrected chi connectivity index (χ3v) is 5.40. The van der Waals surface area contributed by atoms with Gasteiger partial charge in [-0.15, -0.1) is 11.8 Å². The van der Waals surface area contributed by atoms with Crippen LogP contribution in [0.25, 0.3) is 0 Å². The van der Waals surface area contributed by atoms with Crippen LogP contribution in [-0.2, 0) is 21.9 Å². The van der Waals surface area contributed by atoms with Gasteiger partial charge in [0.15, 0.2) is 0 Å². The van der Waals surface area contributed by atoms with Crippen LogP contribution in [0.4, 0.5) is 4.39 Å². The van der Waals surface area contributed by atoms with E-state index in [1.54, 1.807) is 37.3 Å². The number of carbonyl (C=O) groups is 2. The van der Waals surface area contributed by atoms with E-state index in [4.69, 9.17) is 11.6 Å².